The molecule has 4 atom stereocenters. The maximum atomic E-state index is 14.2. The van der Waals surface area contributed by atoms with Gasteiger partial charge in [0.2, 0.25) is 17.7 Å². The normalized spacial score (nSPS) is 18.6. The number of piperidine rings is 1. The number of carbonyl (C=O) groups excluding carboxylic acids is 3. The van der Waals surface area contributed by atoms with Crippen LogP contribution in [0.3, 0.4) is 0 Å². The van der Waals surface area contributed by atoms with Crippen molar-refractivity contribution in [2.45, 2.75) is 84.0 Å². The third-order valence-electron chi connectivity index (χ3n) is 11.4. The van der Waals surface area contributed by atoms with E-state index in [1.54, 1.807) is 35.7 Å². The van der Waals surface area contributed by atoms with Gasteiger partial charge in [-0.25, -0.2) is 4.98 Å². The van der Waals surface area contributed by atoms with Gasteiger partial charge in [0, 0.05) is 47.5 Å². The molecule has 2 unspecified atom stereocenters. The smallest absolute Gasteiger partial charge is 0.246 e. The monoisotopic (exact) mass is 816 g/mol. The molecular weight excluding hydrogens is 765 g/mol. The Hall–Kier alpha value is -5.57. The van der Waals surface area contributed by atoms with Crippen molar-refractivity contribution < 1.29 is 24.6 Å². The number of benzene rings is 2. The van der Waals surface area contributed by atoms with Gasteiger partial charge in [0.15, 0.2) is 0 Å². The largest absolute Gasteiger partial charge is 0.507 e. The Morgan fingerprint density at radius 1 is 0.932 bits per heavy atom. The number of rotatable bonds is 11. The Bertz CT molecular complexity index is 2270. The molecule has 5 aromatic rings. The molecule has 2 aliphatic rings. The molecule has 3 amide bonds. The molecule has 0 radical (unpaired) electrons. The van der Waals surface area contributed by atoms with Crippen LogP contribution in [0.4, 0.5) is 0 Å². The van der Waals surface area contributed by atoms with Gasteiger partial charge < -0.3 is 25.7 Å². The van der Waals surface area contributed by atoms with Crippen molar-refractivity contribution in [3.8, 4) is 38.6 Å². The Labute approximate surface area is 348 Å². The molecule has 0 bridgehead atoms. The number of aliphatic hydroxyl groups excluding tert-OH is 1. The zero-order chi connectivity index (χ0) is 41.8. The van der Waals surface area contributed by atoms with Crippen molar-refractivity contribution in [1.29, 1.82) is 0 Å². The lowest BCUT2D eigenvalue weighted by Gasteiger charge is -2.36. The maximum absolute atomic E-state index is 14.2. The Kier molecular flexibility index (Phi) is 12.5. The number of aliphatic hydroxyl groups is 1. The fourth-order valence-electron chi connectivity index (χ4n) is 7.98. The van der Waals surface area contributed by atoms with E-state index in [1.807, 2.05) is 94.9 Å². The van der Waals surface area contributed by atoms with E-state index in [0.29, 0.717) is 24.3 Å². The van der Waals surface area contributed by atoms with E-state index >= 15 is 0 Å². The second-order valence-electron chi connectivity index (χ2n) is 16.8. The first-order chi connectivity index (χ1) is 28.2. The first-order valence-corrected chi connectivity index (χ1v) is 21.0. The molecule has 2 fully saturated rings. The van der Waals surface area contributed by atoms with Crippen molar-refractivity contribution in [3.63, 3.8) is 0 Å². The maximum Gasteiger partial charge on any atom is 0.246 e. The molecule has 2 saturated heterocycles. The number of aryl methyl sites for hydroxylation is 1. The highest BCUT2D eigenvalue weighted by Gasteiger charge is 2.45. The van der Waals surface area contributed by atoms with E-state index in [2.05, 4.69) is 30.7 Å². The number of para-hydroxylation sites is 1. The van der Waals surface area contributed by atoms with Crippen molar-refractivity contribution in [2.75, 3.05) is 26.2 Å². The van der Waals surface area contributed by atoms with Crippen LogP contribution in [-0.4, -0.2) is 102 Å². The van der Waals surface area contributed by atoms with Crippen LogP contribution in [0.25, 0.3) is 32.8 Å². The number of hydrogen-bond acceptors (Lipinski definition) is 11. The Morgan fingerprint density at radius 2 is 1.66 bits per heavy atom. The summed E-state index contributed by atoms with van der Waals surface area (Å²) < 4.78 is 0. The van der Waals surface area contributed by atoms with Gasteiger partial charge in [-0.15, -0.1) is 11.3 Å². The van der Waals surface area contributed by atoms with Crippen LogP contribution in [0.5, 0.6) is 5.75 Å². The number of aromatic nitrogens is 4. The Balaban J connectivity index is 0.924. The number of aromatic hydroxyl groups is 1. The average molecular weight is 817 g/mol. The van der Waals surface area contributed by atoms with Crippen LogP contribution in [0.2, 0.25) is 0 Å². The zero-order valence-corrected chi connectivity index (χ0v) is 34.9. The summed E-state index contributed by atoms with van der Waals surface area (Å²) in [4.78, 5) is 55.2. The average Bonchev–Trinajstić information content (AvgIpc) is 3.85. The summed E-state index contributed by atoms with van der Waals surface area (Å²) >= 11 is 1.58. The molecule has 13 nitrogen and oxygen atoms in total. The minimum atomic E-state index is -0.902. The number of carbonyl (C=O) groups is 3. The number of likely N-dealkylation sites (tertiary alicyclic amines) is 2. The highest BCUT2D eigenvalue weighted by atomic mass is 32.1. The van der Waals surface area contributed by atoms with Gasteiger partial charge in [-0.1, -0.05) is 63.2 Å². The summed E-state index contributed by atoms with van der Waals surface area (Å²) in [5.41, 5.74) is 8.03. The summed E-state index contributed by atoms with van der Waals surface area (Å²) in [7, 11) is 0. The van der Waals surface area contributed by atoms with Crippen molar-refractivity contribution in [1.82, 2.24) is 40.6 Å². The van der Waals surface area contributed by atoms with Gasteiger partial charge in [0.25, 0.3) is 0 Å². The molecule has 308 valence electrons. The second kappa shape index (κ2) is 17.7. The first kappa shape index (κ1) is 41.6. The number of nitrogens with zero attached hydrogens (tertiary/aromatic N) is 6. The van der Waals surface area contributed by atoms with Crippen LogP contribution in [0, 0.1) is 12.3 Å². The Morgan fingerprint density at radius 3 is 2.32 bits per heavy atom. The van der Waals surface area contributed by atoms with Gasteiger partial charge in [0.1, 0.15) is 17.8 Å². The summed E-state index contributed by atoms with van der Waals surface area (Å²) in [6, 6.07) is 18.9. The van der Waals surface area contributed by atoms with E-state index in [4.69, 9.17) is 4.98 Å². The lowest BCUT2D eigenvalue weighted by atomic mass is 9.85. The molecule has 4 N–H and O–H groups in total. The third kappa shape index (κ3) is 9.67. The molecule has 0 saturated carbocycles. The second-order valence-corrected chi connectivity index (χ2v) is 17.6. The predicted molar refractivity (Wildman–Crippen MR) is 227 cm³/mol. The number of amides is 3. The molecule has 14 heteroatoms. The van der Waals surface area contributed by atoms with Gasteiger partial charge >= 0.3 is 0 Å². The molecule has 5 heterocycles. The van der Waals surface area contributed by atoms with Crippen molar-refractivity contribution in [2.24, 2.45) is 5.41 Å². The minimum Gasteiger partial charge on any atom is -0.507 e. The van der Waals surface area contributed by atoms with E-state index in [1.165, 1.54) is 4.90 Å². The standard InChI is InChI=1S/C45H52N8O5S/c1-27(29-10-12-31(13-11-29)41-28(2)47-26-59-41)49-43(57)38-21-34(54)24-53(38)44(58)42(45(3,4)5)50-40(56)25-52-18-16-30(17-19-52)36-15-14-32(22-46-36)33-20-37(51-48-23-33)35-8-6-7-9-39(35)55/h6-15,20,22-23,26-27,30,34,38,42,54-55H,16-19,21,24-25H2,1-5H3,(H,49,57)(H,50,56)/t27?,34-,38+,42?/m1/s1. The van der Waals surface area contributed by atoms with Crippen LogP contribution in [-0.2, 0) is 14.4 Å². The number of pyridine rings is 1. The van der Waals surface area contributed by atoms with Crippen LogP contribution in [0.15, 0.2) is 84.6 Å². The number of hydrogen-bond donors (Lipinski definition) is 4. The van der Waals surface area contributed by atoms with Crippen LogP contribution in [0.1, 0.15) is 75.9 Å². The SMILES string of the molecule is Cc1ncsc1-c1ccc(C(C)NC(=O)[C@@H]2C[C@@H](O)CN2C(=O)C(NC(=O)CN2CCC(c3ccc(-c4cnnc(-c5ccccc5O)c4)cn3)CC2)C(C)(C)C)cc1. The number of β-amino-alcohol motifs (C(OH)–C–C–N with tert-alkyl or cyclic N) is 1. The molecular formula is C45H52N8O5S. The topological polar surface area (TPSA) is 174 Å². The van der Waals surface area contributed by atoms with Crippen molar-refractivity contribution in [3.05, 3.63) is 102 Å². The summed E-state index contributed by atoms with van der Waals surface area (Å²) in [5, 5.41) is 35.4. The van der Waals surface area contributed by atoms with E-state index in [9.17, 15) is 24.6 Å². The van der Waals surface area contributed by atoms with E-state index in [0.717, 1.165) is 51.4 Å². The molecule has 2 aromatic carbocycles. The highest BCUT2D eigenvalue weighted by Crippen LogP contribution is 2.33. The van der Waals surface area contributed by atoms with Gasteiger partial charge in [-0.2, -0.15) is 10.2 Å². The van der Waals surface area contributed by atoms with Crippen LogP contribution >= 0.6 is 11.3 Å². The zero-order valence-electron chi connectivity index (χ0n) is 34.1. The quantitative estimate of drug-likeness (QED) is 0.126. The van der Waals surface area contributed by atoms with Gasteiger partial charge in [0.05, 0.1) is 46.7 Å². The molecule has 2 aliphatic heterocycles. The molecule has 0 spiro atoms. The molecule has 59 heavy (non-hydrogen) atoms. The number of nitrogens with one attached hydrogen (secondary N) is 2. The fourth-order valence-corrected chi connectivity index (χ4v) is 8.79. The summed E-state index contributed by atoms with van der Waals surface area (Å²) in [5.74, 6) is -0.615. The fraction of sp³-hybridized carbons (Fsp3) is 0.400. The molecule has 7 rings (SSSR count). The summed E-state index contributed by atoms with van der Waals surface area (Å²) in [6.07, 6.45) is 4.43. The van der Waals surface area contributed by atoms with E-state index < -0.39 is 23.6 Å². The lowest BCUT2D eigenvalue weighted by molar-refractivity contribution is -0.144. The first-order valence-electron chi connectivity index (χ1n) is 20.1. The number of phenolic OH excluding ortho intramolecular Hbond substituents is 1. The summed E-state index contributed by atoms with van der Waals surface area (Å²) in [6.45, 7) is 11.1. The third-order valence-corrected chi connectivity index (χ3v) is 12.4. The predicted octanol–water partition coefficient (Wildman–Crippen LogP) is 5.89. The van der Waals surface area contributed by atoms with Crippen LogP contribution < -0.4 is 10.6 Å². The minimum absolute atomic E-state index is 0.0118. The highest BCUT2D eigenvalue weighted by molar-refractivity contribution is 7.13. The number of phenols is 1. The van der Waals surface area contributed by atoms with E-state index in [-0.39, 0.29) is 54.9 Å². The van der Waals surface area contributed by atoms with Gasteiger partial charge in [-0.3, -0.25) is 24.3 Å². The van der Waals surface area contributed by atoms with Crippen molar-refractivity contribution >= 4 is 29.1 Å². The van der Waals surface area contributed by atoms with Gasteiger partial charge in [-0.05, 0) is 80.6 Å². The number of thiazole rings is 1. The molecule has 0 aliphatic carbocycles. The molecule has 3 aromatic heterocycles. The lowest BCUT2D eigenvalue weighted by Crippen LogP contribution is -2.59.